The first-order chi connectivity index (χ1) is 11.3. The summed E-state index contributed by atoms with van der Waals surface area (Å²) in [4.78, 5) is 12.5. The summed E-state index contributed by atoms with van der Waals surface area (Å²) >= 11 is 3.93. The highest BCUT2D eigenvalue weighted by atomic mass is 32.2. The van der Waals surface area contributed by atoms with Crippen molar-refractivity contribution in [3.05, 3.63) is 46.8 Å². The molecule has 2 aromatic rings. The Balaban J connectivity index is 1.52. The van der Waals surface area contributed by atoms with Crippen LogP contribution in [0.1, 0.15) is 31.9 Å². The molecule has 1 aromatic carbocycles. The largest absolute Gasteiger partial charge is 0.321 e. The third-order valence-electron chi connectivity index (χ3n) is 4.06. The molecule has 1 aromatic heterocycles. The van der Waals surface area contributed by atoms with E-state index >= 15 is 0 Å². The van der Waals surface area contributed by atoms with E-state index in [0.29, 0.717) is 16.8 Å². The lowest BCUT2D eigenvalue weighted by Gasteiger charge is -2.13. The maximum atomic E-state index is 12.5. The molecule has 0 bridgehead atoms. The molecule has 23 heavy (non-hydrogen) atoms. The molecule has 5 nitrogen and oxygen atoms in total. The van der Waals surface area contributed by atoms with Gasteiger partial charge in [-0.1, -0.05) is 12.1 Å². The van der Waals surface area contributed by atoms with E-state index in [9.17, 15) is 4.79 Å². The molecule has 120 valence electrons. The highest BCUT2D eigenvalue weighted by molar-refractivity contribution is 8.19. The molecule has 0 saturated carbocycles. The van der Waals surface area contributed by atoms with Crippen molar-refractivity contribution in [3.63, 3.8) is 0 Å². The predicted octanol–water partition coefficient (Wildman–Crippen LogP) is 2.79. The molecule has 0 unspecified atom stereocenters. The van der Waals surface area contributed by atoms with Crippen LogP contribution in [0.2, 0.25) is 0 Å². The highest BCUT2D eigenvalue weighted by Gasteiger charge is 2.22. The van der Waals surface area contributed by atoms with Gasteiger partial charge in [-0.3, -0.25) is 9.89 Å². The van der Waals surface area contributed by atoms with Crippen LogP contribution in [0.25, 0.3) is 0 Å². The number of nitrogens with zero attached hydrogens (tertiary/aromatic N) is 1. The van der Waals surface area contributed by atoms with Gasteiger partial charge in [0.2, 0.25) is 0 Å². The topological polar surface area (TPSA) is 69.8 Å². The normalized spacial score (nSPS) is 17.9. The fraction of sp³-hybridized carbons (Fsp3) is 0.375. The smallest absolute Gasteiger partial charge is 0.276 e. The zero-order chi connectivity index (χ0) is 15.6. The number of amides is 1. The van der Waals surface area contributed by atoms with Crippen LogP contribution in [0.15, 0.2) is 24.3 Å². The second-order valence-corrected chi connectivity index (χ2v) is 8.33. The molecular weight excluding hydrogens is 328 g/mol. The molecule has 3 N–H and O–H groups in total. The summed E-state index contributed by atoms with van der Waals surface area (Å²) in [5, 5.41) is 13.5. The standard InChI is InChI=1S/C16H18N4OS2/c21-15(14-12-9-17-5-4-13(12)19-20-14)18-11-3-1-2-10(8-11)16-22-6-7-23-16/h1-3,8,16-17H,4-7,9H2,(H,18,21)(H,19,20). The van der Waals surface area contributed by atoms with E-state index in [1.807, 2.05) is 35.7 Å². The van der Waals surface area contributed by atoms with Crippen molar-refractivity contribution in [2.45, 2.75) is 17.5 Å². The SMILES string of the molecule is O=C(Nc1cccc(C2SCCS2)c1)c1n[nH]c2c1CNCC2. The Bertz CT molecular complexity index is 725. The summed E-state index contributed by atoms with van der Waals surface area (Å²) in [7, 11) is 0. The summed E-state index contributed by atoms with van der Waals surface area (Å²) in [6.45, 7) is 1.62. The Morgan fingerprint density at radius 3 is 3.04 bits per heavy atom. The molecule has 0 aliphatic carbocycles. The van der Waals surface area contributed by atoms with Gasteiger partial charge in [-0.25, -0.2) is 0 Å². The Hall–Kier alpha value is -1.44. The first kappa shape index (κ1) is 15.1. The van der Waals surface area contributed by atoms with Gasteiger partial charge in [0.25, 0.3) is 5.91 Å². The number of aromatic amines is 1. The first-order valence-electron chi connectivity index (χ1n) is 7.72. The van der Waals surface area contributed by atoms with Crippen molar-refractivity contribution >= 4 is 35.1 Å². The molecule has 0 spiro atoms. The zero-order valence-electron chi connectivity index (χ0n) is 12.6. The molecule has 0 radical (unpaired) electrons. The van der Waals surface area contributed by atoms with Crippen LogP contribution < -0.4 is 10.6 Å². The monoisotopic (exact) mass is 346 g/mol. The van der Waals surface area contributed by atoms with E-state index in [-0.39, 0.29) is 5.91 Å². The number of carbonyl (C=O) groups excluding carboxylic acids is 1. The zero-order valence-corrected chi connectivity index (χ0v) is 14.2. The van der Waals surface area contributed by atoms with Crippen LogP contribution in [0, 0.1) is 0 Å². The van der Waals surface area contributed by atoms with Crippen molar-refractivity contribution < 1.29 is 4.79 Å². The Kier molecular flexibility index (Phi) is 4.33. The van der Waals surface area contributed by atoms with Gasteiger partial charge >= 0.3 is 0 Å². The van der Waals surface area contributed by atoms with Gasteiger partial charge in [-0.05, 0) is 17.7 Å². The lowest BCUT2D eigenvalue weighted by molar-refractivity contribution is 0.102. The molecule has 2 aliphatic heterocycles. The summed E-state index contributed by atoms with van der Waals surface area (Å²) in [5.74, 6) is 2.24. The predicted molar refractivity (Wildman–Crippen MR) is 96.1 cm³/mol. The average molecular weight is 346 g/mol. The molecule has 1 saturated heterocycles. The number of aromatic nitrogens is 2. The van der Waals surface area contributed by atoms with E-state index in [2.05, 4.69) is 33.0 Å². The summed E-state index contributed by atoms with van der Waals surface area (Å²) in [6, 6.07) is 8.15. The fourth-order valence-electron chi connectivity index (χ4n) is 2.92. The number of hydrogen-bond donors (Lipinski definition) is 3. The van der Waals surface area contributed by atoms with E-state index in [0.717, 1.165) is 29.9 Å². The Morgan fingerprint density at radius 1 is 1.30 bits per heavy atom. The van der Waals surface area contributed by atoms with Gasteiger partial charge < -0.3 is 10.6 Å². The third kappa shape index (κ3) is 3.13. The van der Waals surface area contributed by atoms with Crippen LogP contribution >= 0.6 is 23.5 Å². The lowest BCUT2D eigenvalue weighted by atomic mass is 10.1. The number of nitrogens with one attached hydrogen (secondary N) is 3. The van der Waals surface area contributed by atoms with Gasteiger partial charge in [0.15, 0.2) is 5.69 Å². The van der Waals surface area contributed by atoms with E-state index in [1.54, 1.807) is 0 Å². The molecule has 0 atom stereocenters. The summed E-state index contributed by atoms with van der Waals surface area (Å²) in [5.41, 5.74) is 4.66. The van der Waals surface area contributed by atoms with Gasteiger partial charge in [0.05, 0.1) is 4.58 Å². The molecule has 3 heterocycles. The number of thioether (sulfide) groups is 2. The third-order valence-corrected chi connectivity index (χ3v) is 7.16. The van der Waals surface area contributed by atoms with Gasteiger partial charge in [0, 0.05) is 48.0 Å². The molecule has 7 heteroatoms. The van der Waals surface area contributed by atoms with Crippen molar-refractivity contribution in [1.82, 2.24) is 15.5 Å². The Labute approximate surface area is 143 Å². The first-order valence-corrected chi connectivity index (χ1v) is 9.82. The minimum Gasteiger partial charge on any atom is -0.321 e. The van der Waals surface area contributed by atoms with Crippen molar-refractivity contribution in [3.8, 4) is 0 Å². The molecule has 1 amide bonds. The van der Waals surface area contributed by atoms with Crippen LogP contribution in [-0.4, -0.2) is 34.2 Å². The van der Waals surface area contributed by atoms with Gasteiger partial charge in [0.1, 0.15) is 0 Å². The van der Waals surface area contributed by atoms with Crippen LogP contribution in [0.3, 0.4) is 0 Å². The van der Waals surface area contributed by atoms with Crippen LogP contribution in [-0.2, 0) is 13.0 Å². The van der Waals surface area contributed by atoms with Crippen LogP contribution in [0.5, 0.6) is 0 Å². The number of rotatable bonds is 3. The van der Waals surface area contributed by atoms with Crippen molar-refractivity contribution in [2.75, 3.05) is 23.4 Å². The number of fused-ring (bicyclic) bond motifs is 1. The maximum Gasteiger partial charge on any atom is 0.276 e. The van der Waals surface area contributed by atoms with E-state index in [1.165, 1.54) is 17.1 Å². The highest BCUT2D eigenvalue weighted by Crippen LogP contribution is 2.45. The van der Waals surface area contributed by atoms with Gasteiger partial charge in [-0.2, -0.15) is 5.10 Å². The van der Waals surface area contributed by atoms with E-state index < -0.39 is 0 Å². The number of benzene rings is 1. The number of carbonyl (C=O) groups is 1. The second-order valence-electron chi connectivity index (χ2n) is 5.61. The van der Waals surface area contributed by atoms with Crippen molar-refractivity contribution in [1.29, 1.82) is 0 Å². The number of hydrogen-bond acceptors (Lipinski definition) is 5. The molecule has 4 rings (SSSR count). The summed E-state index contributed by atoms with van der Waals surface area (Å²) < 4.78 is 0.481. The number of H-pyrrole nitrogens is 1. The molecule has 1 fully saturated rings. The quantitative estimate of drug-likeness (QED) is 0.797. The number of anilines is 1. The lowest BCUT2D eigenvalue weighted by Crippen LogP contribution is -2.25. The Morgan fingerprint density at radius 2 is 2.17 bits per heavy atom. The molecule has 2 aliphatic rings. The second kappa shape index (κ2) is 6.59. The summed E-state index contributed by atoms with van der Waals surface area (Å²) in [6.07, 6.45) is 0.890. The van der Waals surface area contributed by atoms with Crippen LogP contribution in [0.4, 0.5) is 5.69 Å². The minimum atomic E-state index is -0.143. The van der Waals surface area contributed by atoms with Gasteiger partial charge in [-0.15, -0.1) is 23.5 Å². The van der Waals surface area contributed by atoms with Crippen molar-refractivity contribution in [2.24, 2.45) is 0 Å². The maximum absolute atomic E-state index is 12.5. The average Bonchev–Trinajstić information content (AvgIpc) is 3.25. The fourth-order valence-corrected chi connectivity index (χ4v) is 5.76. The van der Waals surface area contributed by atoms with E-state index in [4.69, 9.17) is 0 Å². The minimum absolute atomic E-state index is 0.143. The molecular formula is C16H18N4OS2.